The van der Waals surface area contributed by atoms with E-state index in [1.807, 2.05) is 0 Å². The quantitative estimate of drug-likeness (QED) is 0.299. The average molecular weight is 374 g/mol. The molecule has 0 saturated carbocycles. The molecule has 0 spiro atoms. The maximum atomic E-state index is 11.6. The van der Waals surface area contributed by atoms with Crippen LogP contribution in [-0.2, 0) is 18.0 Å². The Kier molecular flexibility index (Phi) is 13.4. The van der Waals surface area contributed by atoms with Crippen LogP contribution in [0.4, 0.5) is 4.79 Å². The van der Waals surface area contributed by atoms with E-state index in [9.17, 15) is 4.79 Å². The lowest BCUT2D eigenvalue weighted by Gasteiger charge is -2.24. The molecule has 0 saturated heterocycles. The standard InChI is InChI=1S/C18H35NO5Si/c1-16(2)10-7-11-17(3)12-8-14-24-18(20)19-13-9-15-25(21-4,22-5)23-6/h10,12H,7-9,11,13-15H2,1-6H3,(H,19,20)/b17-12+. The Morgan fingerprint density at radius 1 is 1.00 bits per heavy atom. The van der Waals surface area contributed by atoms with Gasteiger partial charge in [0.15, 0.2) is 0 Å². The van der Waals surface area contributed by atoms with E-state index in [1.165, 1.54) is 11.1 Å². The molecule has 0 radical (unpaired) electrons. The molecule has 0 aromatic carbocycles. The van der Waals surface area contributed by atoms with Crippen LogP contribution in [0.2, 0.25) is 6.04 Å². The van der Waals surface area contributed by atoms with Crippen LogP contribution in [0.1, 0.15) is 46.5 Å². The number of alkyl carbamates (subject to hydrolysis) is 1. The summed E-state index contributed by atoms with van der Waals surface area (Å²) < 4.78 is 21.1. The molecular weight excluding hydrogens is 338 g/mol. The SMILES string of the molecule is CO[Si](CCCNC(=O)OCC/C=C(\C)CCC=C(C)C)(OC)OC. The van der Waals surface area contributed by atoms with Gasteiger partial charge in [-0.05, 0) is 46.5 Å². The van der Waals surface area contributed by atoms with Gasteiger partial charge in [-0.1, -0.05) is 23.3 Å². The van der Waals surface area contributed by atoms with Gasteiger partial charge in [0.05, 0.1) is 6.61 Å². The molecule has 0 aromatic rings. The Balaban J connectivity index is 3.82. The largest absolute Gasteiger partial charge is 0.500 e. The minimum Gasteiger partial charge on any atom is -0.449 e. The normalized spacial score (nSPS) is 12.0. The number of amides is 1. The van der Waals surface area contributed by atoms with Crippen LogP contribution in [0, 0.1) is 0 Å². The van der Waals surface area contributed by atoms with E-state index in [1.54, 1.807) is 21.3 Å². The van der Waals surface area contributed by atoms with E-state index in [2.05, 4.69) is 38.2 Å². The highest BCUT2D eigenvalue weighted by Crippen LogP contribution is 2.14. The van der Waals surface area contributed by atoms with E-state index in [0.29, 0.717) is 25.6 Å². The van der Waals surface area contributed by atoms with Crippen LogP contribution >= 0.6 is 0 Å². The molecule has 0 aromatic heterocycles. The first-order valence-electron chi connectivity index (χ1n) is 8.74. The first kappa shape index (κ1) is 23.8. The van der Waals surface area contributed by atoms with Gasteiger partial charge in [0, 0.05) is 33.9 Å². The molecule has 0 aliphatic heterocycles. The summed E-state index contributed by atoms with van der Waals surface area (Å²) >= 11 is 0. The van der Waals surface area contributed by atoms with Crippen LogP contribution in [0.3, 0.4) is 0 Å². The molecule has 0 unspecified atom stereocenters. The van der Waals surface area contributed by atoms with Crippen LogP contribution in [-0.4, -0.2) is 49.4 Å². The highest BCUT2D eigenvalue weighted by Gasteiger charge is 2.36. The zero-order chi connectivity index (χ0) is 19.1. The van der Waals surface area contributed by atoms with Gasteiger partial charge in [0.25, 0.3) is 0 Å². The molecule has 0 atom stereocenters. The summed E-state index contributed by atoms with van der Waals surface area (Å²) in [6.07, 6.45) is 7.51. The van der Waals surface area contributed by atoms with Gasteiger partial charge in [-0.15, -0.1) is 0 Å². The van der Waals surface area contributed by atoms with E-state index < -0.39 is 14.9 Å². The third-order valence-electron chi connectivity index (χ3n) is 3.80. The Morgan fingerprint density at radius 3 is 2.20 bits per heavy atom. The second-order valence-electron chi connectivity index (χ2n) is 6.12. The molecule has 0 heterocycles. The van der Waals surface area contributed by atoms with Gasteiger partial charge >= 0.3 is 14.9 Å². The Hall–Kier alpha value is -1.15. The molecular formula is C18H35NO5Si. The summed E-state index contributed by atoms with van der Waals surface area (Å²) in [6, 6.07) is 0.643. The van der Waals surface area contributed by atoms with E-state index in [4.69, 9.17) is 18.0 Å². The molecule has 0 rings (SSSR count). The minimum atomic E-state index is -2.56. The number of ether oxygens (including phenoxy) is 1. The van der Waals surface area contributed by atoms with Gasteiger partial charge in [-0.25, -0.2) is 4.79 Å². The van der Waals surface area contributed by atoms with Crippen LogP contribution in [0.5, 0.6) is 0 Å². The van der Waals surface area contributed by atoms with Crippen LogP contribution < -0.4 is 5.32 Å². The molecule has 7 heteroatoms. The summed E-state index contributed by atoms with van der Waals surface area (Å²) in [7, 11) is 2.18. The highest BCUT2D eigenvalue weighted by atomic mass is 28.4. The fraction of sp³-hybridized carbons (Fsp3) is 0.722. The first-order valence-corrected chi connectivity index (χ1v) is 10.7. The summed E-state index contributed by atoms with van der Waals surface area (Å²) in [6.45, 7) is 7.21. The minimum absolute atomic E-state index is 0.388. The zero-order valence-electron chi connectivity index (χ0n) is 16.6. The number of carbonyl (C=O) groups is 1. The van der Waals surface area contributed by atoms with Crippen molar-refractivity contribution in [1.82, 2.24) is 5.32 Å². The van der Waals surface area contributed by atoms with Crippen molar-refractivity contribution in [2.45, 2.75) is 52.5 Å². The molecule has 0 aliphatic carbocycles. The Morgan fingerprint density at radius 2 is 1.64 bits per heavy atom. The molecule has 1 amide bonds. The van der Waals surface area contributed by atoms with Crippen molar-refractivity contribution in [3.05, 3.63) is 23.3 Å². The topological polar surface area (TPSA) is 66.0 Å². The Bertz CT molecular complexity index is 421. The van der Waals surface area contributed by atoms with Gasteiger partial charge in [-0.3, -0.25) is 0 Å². The second kappa shape index (κ2) is 14.1. The van der Waals surface area contributed by atoms with E-state index in [-0.39, 0.29) is 0 Å². The zero-order valence-corrected chi connectivity index (χ0v) is 17.6. The Labute approximate surface area is 153 Å². The van der Waals surface area contributed by atoms with Crippen molar-refractivity contribution in [3.63, 3.8) is 0 Å². The molecule has 6 nitrogen and oxygen atoms in total. The predicted octanol–water partition coefficient (Wildman–Crippen LogP) is 4.06. The van der Waals surface area contributed by atoms with Crippen molar-refractivity contribution in [2.75, 3.05) is 34.5 Å². The number of rotatable bonds is 13. The molecule has 25 heavy (non-hydrogen) atoms. The summed E-state index contributed by atoms with van der Waals surface area (Å²) in [5.74, 6) is 0. The van der Waals surface area contributed by atoms with Crippen LogP contribution in [0.25, 0.3) is 0 Å². The molecule has 146 valence electrons. The van der Waals surface area contributed by atoms with Crippen molar-refractivity contribution in [3.8, 4) is 0 Å². The lowest BCUT2D eigenvalue weighted by molar-refractivity contribution is 0.122. The lowest BCUT2D eigenvalue weighted by atomic mass is 10.1. The lowest BCUT2D eigenvalue weighted by Crippen LogP contribution is -2.43. The van der Waals surface area contributed by atoms with Crippen LogP contribution in [0.15, 0.2) is 23.3 Å². The van der Waals surface area contributed by atoms with Crippen molar-refractivity contribution in [2.24, 2.45) is 0 Å². The van der Waals surface area contributed by atoms with Gasteiger partial charge in [0.1, 0.15) is 0 Å². The van der Waals surface area contributed by atoms with Crippen molar-refractivity contribution in [1.29, 1.82) is 0 Å². The average Bonchev–Trinajstić information content (AvgIpc) is 2.59. The smallest absolute Gasteiger partial charge is 0.449 e. The van der Waals surface area contributed by atoms with Gasteiger partial charge in [0.2, 0.25) is 0 Å². The fourth-order valence-corrected chi connectivity index (χ4v) is 3.97. The second-order valence-corrected chi connectivity index (χ2v) is 9.21. The maximum Gasteiger partial charge on any atom is 0.500 e. The number of hydrogen-bond donors (Lipinski definition) is 1. The molecule has 0 fully saturated rings. The first-order chi connectivity index (χ1) is 11.9. The fourth-order valence-electron chi connectivity index (χ4n) is 2.25. The number of allylic oxidation sites excluding steroid dienone is 3. The summed E-state index contributed by atoms with van der Waals surface area (Å²) in [4.78, 5) is 11.6. The predicted molar refractivity (Wildman–Crippen MR) is 103 cm³/mol. The number of nitrogens with one attached hydrogen (secondary N) is 1. The molecule has 0 bridgehead atoms. The summed E-state index contributed by atoms with van der Waals surface area (Å²) in [5, 5.41) is 2.73. The summed E-state index contributed by atoms with van der Waals surface area (Å²) in [5.41, 5.74) is 2.66. The number of hydrogen-bond acceptors (Lipinski definition) is 5. The molecule has 1 N–H and O–H groups in total. The van der Waals surface area contributed by atoms with E-state index >= 15 is 0 Å². The third-order valence-corrected chi connectivity index (χ3v) is 6.63. The van der Waals surface area contributed by atoms with E-state index in [0.717, 1.165) is 19.3 Å². The van der Waals surface area contributed by atoms with Crippen molar-refractivity contribution < 1.29 is 22.8 Å². The third kappa shape index (κ3) is 11.9. The van der Waals surface area contributed by atoms with Crippen molar-refractivity contribution >= 4 is 14.9 Å². The molecule has 0 aliphatic rings. The highest BCUT2D eigenvalue weighted by molar-refractivity contribution is 6.60. The van der Waals surface area contributed by atoms with Gasteiger partial charge < -0.3 is 23.3 Å². The monoisotopic (exact) mass is 373 g/mol. The number of carbonyl (C=O) groups excluding carboxylic acids is 1. The van der Waals surface area contributed by atoms with Gasteiger partial charge in [-0.2, -0.15) is 0 Å². The maximum absolute atomic E-state index is 11.6.